The molecule has 1 amide bonds. The van der Waals surface area contributed by atoms with Gasteiger partial charge in [-0.25, -0.2) is 9.78 Å². The van der Waals surface area contributed by atoms with Crippen LogP contribution in [0.2, 0.25) is 0 Å². The fraction of sp³-hybridized carbons (Fsp3) is 0.286. The Balaban J connectivity index is 2.06. The molecular weight excluding hydrogens is 386 g/mol. The third-order valence-corrected chi connectivity index (χ3v) is 4.59. The minimum atomic E-state index is -1.58. The number of carbonyl (C=O) groups is 2. The minimum absolute atomic E-state index is 0.132. The van der Waals surface area contributed by atoms with Crippen molar-refractivity contribution < 1.29 is 19.2 Å². The lowest BCUT2D eigenvalue weighted by atomic mass is 10.00. The Hall–Kier alpha value is -3.75. The maximum Gasteiger partial charge on any atom is 0.394 e. The monoisotopic (exact) mass is 409 g/mol. The zero-order valence-electron chi connectivity index (χ0n) is 17.1. The maximum atomic E-state index is 11.8. The molecule has 9 heteroatoms. The van der Waals surface area contributed by atoms with Crippen LogP contribution >= 0.6 is 0 Å². The Labute approximate surface area is 173 Å². The van der Waals surface area contributed by atoms with Crippen LogP contribution in [0.5, 0.6) is 0 Å². The average Bonchev–Trinajstić information content (AvgIpc) is 3.05. The molecule has 0 bridgehead atoms. The van der Waals surface area contributed by atoms with Crippen LogP contribution in [-0.2, 0) is 9.59 Å². The highest BCUT2D eigenvalue weighted by Gasteiger charge is 2.22. The van der Waals surface area contributed by atoms with Crippen LogP contribution < -0.4 is 10.6 Å². The third kappa shape index (κ3) is 4.45. The highest BCUT2D eigenvalue weighted by Crippen LogP contribution is 2.33. The van der Waals surface area contributed by atoms with Crippen molar-refractivity contribution in [1.29, 1.82) is 0 Å². The smallest absolute Gasteiger partial charge is 0.394 e. The number of hydrogen-bond donors (Lipinski definition) is 3. The number of rotatable bonds is 6. The number of carbonyl (C=O) groups excluding carboxylic acids is 1. The van der Waals surface area contributed by atoms with Crippen molar-refractivity contribution in [2.24, 2.45) is 5.92 Å². The summed E-state index contributed by atoms with van der Waals surface area (Å²) in [5.41, 5.74) is 3.06. The Morgan fingerprint density at radius 1 is 1.13 bits per heavy atom. The van der Waals surface area contributed by atoms with E-state index in [0.29, 0.717) is 23.0 Å². The first-order chi connectivity index (χ1) is 14.3. The van der Waals surface area contributed by atoms with E-state index in [9.17, 15) is 9.59 Å². The number of anilines is 2. The second-order valence-corrected chi connectivity index (χ2v) is 7.17. The van der Waals surface area contributed by atoms with Crippen molar-refractivity contribution in [3.63, 3.8) is 0 Å². The van der Waals surface area contributed by atoms with Crippen molar-refractivity contribution >= 4 is 23.4 Å². The van der Waals surface area contributed by atoms with E-state index in [1.54, 1.807) is 25.3 Å². The normalized spacial score (nSPS) is 11.9. The van der Waals surface area contributed by atoms with Gasteiger partial charge in [-0.1, -0.05) is 25.1 Å². The molecule has 3 rings (SSSR count). The van der Waals surface area contributed by atoms with Gasteiger partial charge in [-0.15, -0.1) is 0 Å². The number of amides is 1. The van der Waals surface area contributed by atoms with Crippen LogP contribution in [0.4, 0.5) is 11.5 Å². The molecular formula is C21H23N5O4. The number of aliphatic carboxylic acids is 1. The number of carboxylic acid groups (broad SMARTS) is 1. The van der Waals surface area contributed by atoms with Gasteiger partial charge in [0.25, 0.3) is 0 Å². The highest BCUT2D eigenvalue weighted by atomic mass is 16.5. The summed E-state index contributed by atoms with van der Waals surface area (Å²) in [4.78, 5) is 31.9. The number of carboxylic acids is 1. The molecule has 0 aliphatic carbocycles. The number of hydrogen-bond acceptors (Lipinski definition) is 7. The molecule has 30 heavy (non-hydrogen) atoms. The van der Waals surface area contributed by atoms with Crippen LogP contribution in [0, 0.1) is 19.8 Å². The number of nitrogens with one attached hydrogen (secondary N) is 2. The molecule has 3 N–H and O–H groups in total. The zero-order valence-corrected chi connectivity index (χ0v) is 17.1. The van der Waals surface area contributed by atoms with Crippen LogP contribution in [0.25, 0.3) is 11.3 Å². The van der Waals surface area contributed by atoms with Crippen molar-refractivity contribution in [2.45, 2.75) is 33.7 Å². The SMILES string of the molecule is Cc1noc(C)c1-c1ccc(NC(=O)C(=O)O)c(N[C@H](c2ccccn2)C(C)C)n1. The molecule has 9 nitrogen and oxygen atoms in total. The first kappa shape index (κ1) is 21.0. The summed E-state index contributed by atoms with van der Waals surface area (Å²) in [5.74, 6) is -1.66. The molecule has 0 saturated heterocycles. The average molecular weight is 409 g/mol. The van der Waals surface area contributed by atoms with E-state index in [1.165, 1.54) is 0 Å². The molecule has 0 aromatic carbocycles. The fourth-order valence-corrected chi connectivity index (χ4v) is 3.12. The third-order valence-electron chi connectivity index (χ3n) is 4.59. The van der Waals surface area contributed by atoms with E-state index in [2.05, 4.69) is 25.8 Å². The molecule has 0 unspecified atom stereocenters. The number of aromatic nitrogens is 3. The second kappa shape index (κ2) is 8.73. The summed E-state index contributed by atoms with van der Waals surface area (Å²) in [5, 5.41) is 18.6. The first-order valence-corrected chi connectivity index (χ1v) is 9.44. The number of pyridine rings is 2. The minimum Gasteiger partial charge on any atom is -0.474 e. The Bertz CT molecular complexity index is 1040. The molecule has 3 heterocycles. The molecule has 0 saturated carbocycles. The van der Waals surface area contributed by atoms with Gasteiger partial charge in [0.1, 0.15) is 5.76 Å². The van der Waals surface area contributed by atoms with Crippen molar-refractivity contribution in [3.8, 4) is 11.3 Å². The molecule has 3 aromatic rings. The van der Waals surface area contributed by atoms with E-state index in [0.717, 1.165) is 11.3 Å². The van der Waals surface area contributed by atoms with Gasteiger partial charge >= 0.3 is 11.9 Å². The summed E-state index contributed by atoms with van der Waals surface area (Å²) in [6.45, 7) is 7.65. The number of aryl methyl sites for hydroxylation is 2. The second-order valence-electron chi connectivity index (χ2n) is 7.17. The van der Waals surface area contributed by atoms with Gasteiger partial charge in [-0.3, -0.25) is 9.78 Å². The van der Waals surface area contributed by atoms with Gasteiger partial charge in [0.2, 0.25) is 0 Å². The first-order valence-electron chi connectivity index (χ1n) is 9.44. The van der Waals surface area contributed by atoms with Crippen LogP contribution in [-0.4, -0.2) is 32.1 Å². The predicted octanol–water partition coefficient (Wildman–Crippen LogP) is 3.58. The van der Waals surface area contributed by atoms with Crippen molar-refractivity contribution in [2.75, 3.05) is 10.6 Å². The molecule has 0 aliphatic rings. The van der Waals surface area contributed by atoms with Gasteiger partial charge in [0.15, 0.2) is 5.82 Å². The summed E-state index contributed by atoms with van der Waals surface area (Å²) in [6.07, 6.45) is 1.70. The standard InChI is InChI=1S/C21H23N5O4/c1-11(2)18(15-7-5-6-10-22-15)25-19-16(24-20(27)21(28)29)9-8-14(23-19)17-12(3)26-30-13(17)4/h5-11,18H,1-4H3,(H,23,25)(H,24,27)(H,28,29)/t18-/m0/s1. The molecule has 0 spiro atoms. The van der Waals surface area contributed by atoms with Crippen LogP contribution in [0.3, 0.4) is 0 Å². The lowest BCUT2D eigenvalue weighted by Crippen LogP contribution is -2.24. The van der Waals surface area contributed by atoms with E-state index < -0.39 is 11.9 Å². The Kier molecular flexibility index (Phi) is 6.10. The lowest BCUT2D eigenvalue weighted by Gasteiger charge is -2.24. The molecule has 156 valence electrons. The number of nitrogens with zero attached hydrogens (tertiary/aromatic N) is 3. The van der Waals surface area contributed by atoms with Gasteiger partial charge < -0.3 is 20.3 Å². The molecule has 0 radical (unpaired) electrons. The quantitative estimate of drug-likeness (QED) is 0.527. The molecule has 0 aliphatic heterocycles. The van der Waals surface area contributed by atoms with Crippen LogP contribution in [0.1, 0.15) is 37.0 Å². The largest absolute Gasteiger partial charge is 0.474 e. The predicted molar refractivity (Wildman–Crippen MR) is 111 cm³/mol. The maximum absolute atomic E-state index is 11.8. The zero-order chi connectivity index (χ0) is 21.8. The summed E-state index contributed by atoms with van der Waals surface area (Å²) < 4.78 is 5.24. The van der Waals surface area contributed by atoms with Gasteiger partial charge in [0, 0.05) is 6.20 Å². The van der Waals surface area contributed by atoms with Gasteiger partial charge in [-0.2, -0.15) is 0 Å². The van der Waals surface area contributed by atoms with Gasteiger partial charge in [-0.05, 0) is 44.0 Å². The van der Waals surface area contributed by atoms with Crippen molar-refractivity contribution in [1.82, 2.24) is 15.1 Å². The van der Waals surface area contributed by atoms with E-state index in [1.807, 2.05) is 39.0 Å². The lowest BCUT2D eigenvalue weighted by molar-refractivity contribution is -0.147. The molecule has 3 aromatic heterocycles. The van der Waals surface area contributed by atoms with E-state index in [-0.39, 0.29) is 17.6 Å². The summed E-state index contributed by atoms with van der Waals surface area (Å²) in [6, 6.07) is 8.67. The van der Waals surface area contributed by atoms with Crippen molar-refractivity contribution in [3.05, 3.63) is 53.7 Å². The van der Waals surface area contributed by atoms with Crippen LogP contribution in [0.15, 0.2) is 41.1 Å². The van der Waals surface area contributed by atoms with Gasteiger partial charge in [0.05, 0.1) is 34.4 Å². The topological polar surface area (TPSA) is 130 Å². The Morgan fingerprint density at radius 3 is 2.47 bits per heavy atom. The summed E-state index contributed by atoms with van der Waals surface area (Å²) in [7, 11) is 0. The molecule has 1 atom stereocenters. The van der Waals surface area contributed by atoms with E-state index in [4.69, 9.17) is 9.63 Å². The van der Waals surface area contributed by atoms with E-state index >= 15 is 0 Å². The fourth-order valence-electron chi connectivity index (χ4n) is 3.12. The summed E-state index contributed by atoms with van der Waals surface area (Å²) >= 11 is 0. The Morgan fingerprint density at radius 2 is 1.90 bits per heavy atom. The highest BCUT2D eigenvalue weighted by molar-refractivity contribution is 6.36. The molecule has 0 fully saturated rings.